The second kappa shape index (κ2) is 8.24. The molecule has 11 heteroatoms. The SMILES string of the molecule is C[C@H](N(Cc1ccc(F)cc1)C(=O)CN1C(=O)N(O)[C@]2(C=Cc3ccccc32)C1=O)C(F)(F)F. The molecule has 1 aliphatic carbocycles. The van der Waals surface area contributed by atoms with E-state index < -0.39 is 54.5 Å². The van der Waals surface area contributed by atoms with E-state index in [2.05, 4.69) is 0 Å². The highest BCUT2D eigenvalue weighted by Crippen LogP contribution is 2.43. The molecule has 34 heavy (non-hydrogen) atoms. The lowest BCUT2D eigenvalue weighted by Gasteiger charge is -2.32. The molecule has 0 aromatic heterocycles. The van der Waals surface area contributed by atoms with Crippen molar-refractivity contribution in [3.05, 3.63) is 77.1 Å². The molecule has 1 fully saturated rings. The number of urea groups is 1. The van der Waals surface area contributed by atoms with Crippen LogP contribution in [-0.4, -0.2) is 56.7 Å². The fourth-order valence-electron chi connectivity index (χ4n) is 4.08. The summed E-state index contributed by atoms with van der Waals surface area (Å²) in [5.74, 6) is -2.73. The fourth-order valence-corrected chi connectivity index (χ4v) is 4.08. The second-order valence-corrected chi connectivity index (χ2v) is 8.04. The number of alkyl halides is 3. The third-order valence-electron chi connectivity index (χ3n) is 6.01. The second-order valence-electron chi connectivity index (χ2n) is 8.04. The molecule has 1 heterocycles. The number of hydroxylamine groups is 2. The molecule has 178 valence electrons. The van der Waals surface area contributed by atoms with Gasteiger partial charge in [0.05, 0.1) is 0 Å². The number of hydrogen-bond donors (Lipinski definition) is 1. The molecule has 0 bridgehead atoms. The Hall–Kier alpha value is -3.73. The molecule has 2 aromatic carbocycles. The molecule has 0 saturated carbocycles. The molecular formula is C23H19F4N3O4. The lowest BCUT2D eigenvalue weighted by Crippen LogP contribution is -2.51. The maximum atomic E-state index is 13.5. The van der Waals surface area contributed by atoms with Crippen molar-refractivity contribution in [2.24, 2.45) is 0 Å². The lowest BCUT2D eigenvalue weighted by atomic mass is 9.91. The van der Waals surface area contributed by atoms with Crippen molar-refractivity contribution in [2.75, 3.05) is 6.54 Å². The summed E-state index contributed by atoms with van der Waals surface area (Å²) in [6.07, 6.45) is -1.97. The van der Waals surface area contributed by atoms with E-state index in [1.165, 1.54) is 30.4 Å². The normalized spacial score (nSPS) is 20.3. The predicted molar refractivity (Wildman–Crippen MR) is 110 cm³/mol. The minimum absolute atomic E-state index is 0.183. The average molecular weight is 477 g/mol. The molecule has 0 unspecified atom stereocenters. The van der Waals surface area contributed by atoms with Crippen LogP contribution in [0.1, 0.15) is 23.6 Å². The Morgan fingerprint density at radius 1 is 1.12 bits per heavy atom. The van der Waals surface area contributed by atoms with Crippen molar-refractivity contribution in [3.8, 4) is 0 Å². The highest BCUT2D eigenvalue weighted by Gasteiger charge is 2.60. The fraction of sp³-hybridized carbons (Fsp3) is 0.261. The van der Waals surface area contributed by atoms with Gasteiger partial charge >= 0.3 is 12.2 Å². The minimum atomic E-state index is -4.80. The molecule has 1 spiro atoms. The molecule has 4 amide bonds. The molecule has 1 aliphatic heterocycles. The van der Waals surface area contributed by atoms with Gasteiger partial charge in [0.1, 0.15) is 18.4 Å². The molecule has 2 atom stereocenters. The quantitative estimate of drug-likeness (QED) is 0.405. The van der Waals surface area contributed by atoms with Crippen LogP contribution >= 0.6 is 0 Å². The standard InChI is InChI=1S/C23H19F4N3O4/c1-14(23(25,26)27)28(12-15-6-8-17(24)9-7-15)19(31)13-29-20(32)22(30(34)21(29)33)11-10-16-4-2-3-5-18(16)22/h2-11,14,34H,12-13H2,1H3/t14-,22-/m0/s1. The maximum absolute atomic E-state index is 13.5. The number of hydrogen-bond acceptors (Lipinski definition) is 4. The van der Waals surface area contributed by atoms with E-state index in [4.69, 9.17) is 0 Å². The van der Waals surface area contributed by atoms with Crippen molar-refractivity contribution < 1.29 is 37.2 Å². The van der Waals surface area contributed by atoms with Crippen LogP contribution in [0.3, 0.4) is 0 Å². The Labute approximate surface area is 191 Å². The highest BCUT2D eigenvalue weighted by molar-refractivity contribution is 6.11. The van der Waals surface area contributed by atoms with Gasteiger partial charge in [0, 0.05) is 12.1 Å². The Bertz CT molecular complexity index is 1180. The lowest BCUT2D eigenvalue weighted by molar-refractivity contribution is -0.187. The number of carbonyl (C=O) groups is 3. The zero-order valence-corrected chi connectivity index (χ0v) is 17.8. The van der Waals surface area contributed by atoms with Crippen molar-refractivity contribution in [2.45, 2.75) is 31.2 Å². The number of rotatable bonds is 5. The predicted octanol–water partition coefficient (Wildman–Crippen LogP) is 3.68. The van der Waals surface area contributed by atoms with Gasteiger partial charge in [-0.2, -0.15) is 18.2 Å². The summed E-state index contributed by atoms with van der Waals surface area (Å²) in [7, 11) is 0. The van der Waals surface area contributed by atoms with Crippen molar-refractivity contribution in [1.29, 1.82) is 0 Å². The molecule has 4 rings (SSSR count). The van der Waals surface area contributed by atoms with Crippen LogP contribution in [0.5, 0.6) is 0 Å². The van der Waals surface area contributed by atoms with Crippen LogP contribution in [0.15, 0.2) is 54.6 Å². The Morgan fingerprint density at radius 2 is 1.76 bits per heavy atom. The van der Waals surface area contributed by atoms with E-state index in [0.717, 1.165) is 19.1 Å². The number of imide groups is 1. The summed E-state index contributed by atoms with van der Waals surface area (Å²) in [6.45, 7) is -0.786. The molecule has 1 saturated heterocycles. The first kappa shape index (κ1) is 23.4. The van der Waals surface area contributed by atoms with Gasteiger partial charge in [-0.1, -0.05) is 42.5 Å². The summed E-state index contributed by atoms with van der Waals surface area (Å²) in [5, 5.41) is 10.7. The summed E-state index contributed by atoms with van der Waals surface area (Å²) >= 11 is 0. The smallest absolute Gasteiger partial charge is 0.325 e. The van der Waals surface area contributed by atoms with Gasteiger partial charge in [-0.25, -0.2) is 9.18 Å². The first-order valence-electron chi connectivity index (χ1n) is 10.2. The zero-order valence-electron chi connectivity index (χ0n) is 17.8. The molecule has 1 N–H and O–H groups in total. The van der Waals surface area contributed by atoms with Gasteiger partial charge in [-0.3, -0.25) is 19.7 Å². The number of carbonyl (C=O) groups excluding carboxylic acids is 3. The summed E-state index contributed by atoms with van der Waals surface area (Å²) in [6, 6.07) is 7.54. The Balaban J connectivity index is 1.62. The van der Waals surface area contributed by atoms with Gasteiger partial charge in [0.15, 0.2) is 5.54 Å². The van der Waals surface area contributed by atoms with Gasteiger partial charge in [-0.15, -0.1) is 0 Å². The first-order chi connectivity index (χ1) is 16.0. The van der Waals surface area contributed by atoms with Crippen LogP contribution in [0.25, 0.3) is 6.08 Å². The van der Waals surface area contributed by atoms with E-state index in [1.54, 1.807) is 18.2 Å². The van der Waals surface area contributed by atoms with E-state index in [9.17, 15) is 37.2 Å². The molecule has 0 radical (unpaired) electrons. The van der Waals surface area contributed by atoms with Gasteiger partial charge < -0.3 is 4.90 Å². The third kappa shape index (κ3) is 3.71. The number of amides is 4. The number of nitrogens with zero attached hydrogens (tertiary/aromatic N) is 3. The van der Waals surface area contributed by atoms with Gasteiger partial charge in [0.25, 0.3) is 5.91 Å². The Kier molecular flexibility index (Phi) is 5.68. The zero-order chi connectivity index (χ0) is 24.8. The summed E-state index contributed by atoms with van der Waals surface area (Å²) < 4.78 is 53.7. The van der Waals surface area contributed by atoms with Gasteiger partial charge in [-0.05, 0) is 36.3 Å². The number of fused-ring (bicyclic) bond motifs is 2. The van der Waals surface area contributed by atoms with E-state index in [-0.39, 0.29) is 10.6 Å². The van der Waals surface area contributed by atoms with Gasteiger partial charge in [0.2, 0.25) is 5.91 Å². The minimum Gasteiger partial charge on any atom is -0.325 e. The summed E-state index contributed by atoms with van der Waals surface area (Å²) in [4.78, 5) is 39.8. The van der Waals surface area contributed by atoms with E-state index in [0.29, 0.717) is 20.9 Å². The average Bonchev–Trinajstić information content (AvgIpc) is 3.27. The van der Waals surface area contributed by atoms with Crippen molar-refractivity contribution >= 4 is 23.9 Å². The topological polar surface area (TPSA) is 81.2 Å². The molecule has 2 aliphatic rings. The van der Waals surface area contributed by atoms with Crippen LogP contribution < -0.4 is 0 Å². The summed E-state index contributed by atoms with van der Waals surface area (Å²) in [5.41, 5.74) is -0.805. The van der Waals surface area contributed by atoms with Crippen LogP contribution in [0.4, 0.5) is 22.4 Å². The Morgan fingerprint density at radius 3 is 2.41 bits per heavy atom. The third-order valence-corrected chi connectivity index (χ3v) is 6.01. The van der Waals surface area contributed by atoms with Crippen molar-refractivity contribution in [3.63, 3.8) is 0 Å². The molecular weight excluding hydrogens is 458 g/mol. The van der Waals surface area contributed by atoms with Crippen LogP contribution in [0.2, 0.25) is 0 Å². The van der Waals surface area contributed by atoms with Crippen molar-refractivity contribution in [1.82, 2.24) is 14.9 Å². The van der Waals surface area contributed by atoms with Crippen LogP contribution in [-0.2, 0) is 21.7 Å². The first-order valence-corrected chi connectivity index (χ1v) is 10.2. The number of halogens is 4. The van der Waals surface area contributed by atoms with E-state index in [1.807, 2.05) is 0 Å². The van der Waals surface area contributed by atoms with E-state index >= 15 is 0 Å². The maximum Gasteiger partial charge on any atom is 0.408 e. The molecule has 2 aromatic rings. The highest BCUT2D eigenvalue weighted by atomic mass is 19.4. The van der Waals surface area contributed by atoms with Crippen LogP contribution in [0, 0.1) is 5.82 Å². The monoisotopic (exact) mass is 477 g/mol. The number of benzene rings is 2. The molecule has 7 nitrogen and oxygen atoms in total. The largest absolute Gasteiger partial charge is 0.408 e.